The van der Waals surface area contributed by atoms with Gasteiger partial charge in [-0.25, -0.2) is 0 Å². The molecule has 0 radical (unpaired) electrons. The molecule has 1 atom stereocenters. The number of benzene rings is 1. The van der Waals surface area contributed by atoms with Crippen molar-refractivity contribution >= 4 is 5.91 Å². The molecule has 0 aromatic heterocycles. The second kappa shape index (κ2) is 8.39. The van der Waals surface area contributed by atoms with Gasteiger partial charge in [-0.3, -0.25) is 9.69 Å². The predicted molar refractivity (Wildman–Crippen MR) is 107 cm³/mol. The Morgan fingerprint density at radius 1 is 1.25 bits per heavy atom. The van der Waals surface area contributed by atoms with Crippen LogP contribution in [0, 0.1) is 0 Å². The van der Waals surface area contributed by atoms with Crippen molar-refractivity contribution in [3.63, 3.8) is 0 Å². The molecule has 3 aliphatic heterocycles. The van der Waals surface area contributed by atoms with Gasteiger partial charge in [0.1, 0.15) is 12.4 Å². The topological polar surface area (TPSA) is 51.2 Å². The van der Waals surface area contributed by atoms with Crippen LogP contribution >= 0.6 is 0 Å². The highest BCUT2D eigenvalue weighted by molar-refractivity contribution is 5.82. The Morgan fingerprint density at radius 2 is 2.07 bits per heavy atom. The number of hydrogen-bond donors (Lipinski definition) is 0. The molecule has 3 heterocycles. The van der Waals surface area contributed by atoms with Gasteiger partial charge >= 0.3 is 0 Å². The van der Waals surface area contributed by atoms with Crippen LogP contribution in [0.5, 0.6) is 5.75 Å². The molecule has 0 bridgehead atoms. The average Bonchev–Trinajstić information content (AvgIpc) is 3.14. The lowest BCUT2D eigenvalue weighted by atomic mass is 9.79. The maximum atomic E-state index is 12.9. The fraction of sp³-hybridized carbons (Fsp3) is 0.682. The van der Waals surface area contributed by atoms with E-state index in [0.717, 1.165) is 64.1 Å². The Kier molecular flexibility index (Phi) is 5.90. The molecule has 2 saturated heterocycles. The van der Waals surface area contributed by atoms with Crippen LogP contribution < -0.4 is 4.74 Å². The SMILES string of the molecule is COCCOc1ccc2c(c1)CCOC21CCN(C(=O)[C@@H]2CCCN2C)CC1. The van der Waals surface area contributed by atoms with Crippen LogP contribution in [0.2, 0.25) is 0 Å². The first kappa shape index (κ1) is 19.7. The molecule has 0 unspecified atom stereocenters. The summed E-state index contributed by atoms with van der Waals surface area (Å²) in [4.78, 5) is 17.2. The highest BCUT2D eigenvalue weighted by Crippen LogP contribution is 2.42. The summed E-state index contributed by atoms with van der Waals surface area (Å²) in [6.07, 6.45) is 4.75. The van der Waals surface area contributed by atoms with Gasteiger partial charge in [-0.2, -0.15) is 0 Å². The van der Waals surface area contributed by atoms with Gasteiger partial charge < -0.3 is 19.1 Å². The number of likely N-dealkylation sites (N-methyl/N-ethyl adjacent to an activating group) is 1. The van der Waals surface area contributed by atoms with Crippen molar-refractivity contribution in [2.45, 2.75) is 43.7 Å². The van der Waals surface area contributed by atoms with Crippen molar-refractivity contribution in [2.24, 2.45) is 0 Å². The van der Waals surface area contributed by atoms with Crippen LogP contribution in [0.25, 0.3) is 0 Å². The number of methoxy groups -OCH3 is 1. The van der Waals surface area contributed by atoms with E-state index in [9.17, 15) is 4.79 Å². The number of nitrogens with zero attached hydrogens (tertiary/aromatic N) is 2. The minimum absolute atomic E-state index is 0.0698. The van der Waals surface area contributed by atoms with Crippen LogP contribution in [0.15, 0.2) is 18.2 Å². The van der Waals surface area contributed by atoms with Gasteiger partial charge in [0, 0.05) is 20.2 Å². The number of carbonyl (C=O) groups excluding carboxylic acids is 1. The third-order valence-electron chi connectivity index (χ3n) is 6.56. The van der Waals surface area contributed by atoms with Crippen molar-refractivity contribution in [3.8, 4) is 5.75 Å². The van der Waals surface area contributed by atoms with Crippen molar-refractivity contribution in [1.82, 2.24) is 9.80 Å². The lowest BCUT2D eigenvalue weighted by molar-refractivity contribution is -0.144. The van der Waals surface area contributed by atoms with Gasteiger partial charge in [0.2, 0.25) is 5.91 Å². The minimum Gasteiger partial charge on any atom is -0.491 e. The third kappa shape index (κ3) is 3.78. The predicted octanol–water partition coefficient (Wildman–Crippen LogP) is 2.20. The van der Waals surface area contributed by atoms with Crippen molar-refractivity contribution in [3.05, 3.63) is 29.3 Å². The normalized spacial score (nSPS) is 24.4. The Balaban J connectivity index is 1.44. The van der Waals surface area contributed by atoms with Gasteiger partial charge in [0.25, 0.3) is 0 Å². The summed E-state index contributed by atoms with van der Waals surface area (Å²) >= 11 is 0. The quantitative estimate of drug-likeness (QED) is 0.724. The summed E-state index contributed by atoms with van der Waals surface area (Å²) in [5.41, 5.74) is 2.34. The first-order valence-corrected chi connectivity index (χ1v) is 10.5. The largest absolute Gasteiger partial charge is 0.491 e. The Hall–Kier alpha value is -1.63. The second-order valence-corrected chi connectivity index (χ2v) is 8.22. The Morgan fingerprint density at radius 3 is 2.79 bits per heavy atom. The summed E-state index contributed by atoms with van der Waals surface area (Å²) in [7, 11) is 3.74. The molecule has 6 heteroatoms. The molecule has 6 nitrogen and oxygen atoms in total. The van der Waals surface area contributed by atoms with Crippen LogP contribution in [0.3, 0.4) is 0 Å². The van der Waals surface area contributed by atoms with Crippen molar-refractivity contribution in [1.29, 1.82) is 0 Å². The van der Waals surface area contributed by atoms with E-state index in [4.69, 9.17) is 14.2 Å². The fourth-order valence-corrected chi connectivity index (χ4v) is 4.92. The lowest BCUT2D eigenvalue weighted by Crippen LogP contribution is -2.52. The molecular formula is C22H32N2O4. The van der Waals surface area contributed by atoms with Gasteiger partial charge in [-0.1, -0.05) is 6.07 Å². The number of amides is 1. The average molecular weight is 389 g/mol. The molecule has 1 spiro atoms. The first-order valence-electron chi connectivity index (χ1n) is 10.5. The van der Waals surface area contributed by atoms with E-state index >= 15 is 0 Å². The van der Waals surface area contributed by atoms with Crippen LogP contribution in [0.1, 0.15) is 36.8 Å². The van der Waals surface area contributed by atoms with E-state index < -0.39 is 0 Å². The zero-order chi connectivity index (χ0) is 19.6. The molecule has 0 saturated carbocycles. The van der Waals surface area contributed by atoms with E-state index in [-0.39, 0.29) is 11.6 Å². The Labute approximate surface area is 167 Å². The number of likely N-dealkylation sites (tertiary alicyclic amines) is 2. The van der Waals surface area contributed by atoms with E-state index in [1.165, 1.54) is 11.1 Å². The molecule has 0 N–H and O–H groups in total. The van der Waals surface area contributed by atoms with Crippen molar-refractivity contribution < 1.29 is 19.0 Å². The highest BCUT2D eigenvalue weighted by Gasteiger charge is 2.43. The summed E-state index contributed by atoms with van der Waals surface area (Å²) < 4.78 is 17.2. The number of rotatable bonds is 5. The number of hydrogen-bond acceptors (Lipinski definition) is 5. The van der Waals surface area contributed by atoms with E-state index in [2.05, 4.69) is 29.0 Å². The van der Waals surface area contributed by atoms with Crippen LogP contribution in [-0.4, -0.2) is 75.4 Å². The summed E-state index contributed by atoms with van der Waals surface area (Å²) in [6.45, 7) is 4.45. The minimum atomic E-state index is -0.253. The Bertz CT molecular complexity index is 700. The molecule has 1 amide bonds. The highest BCUT2D eigenvalue weighted by atomic mass is 16.5. The first-order chi connectivity index (χ1) is 13.6. The number of piperidine rings is 1. The molecule has 0 aliphatic carbocycles. The van der Waals surface area contributed by atoms with Gasteiger partial charge in [0.15, 0.2) is 0 Å². The molecule has 154 valence electrons. The van der Waals surface area contributed by atoms with Gasteiger partial charge in [0.05, 0.1) is 24.9 Å². The second-order valence-electron chi connectivity index (χ2n) is 8.22. The van der Waals surface area contributed by atoms with Crippen molar-refractivity contribution in [2.75, 3.05) is 53.6 Å². The maximum absolute atomic E-state index is 12.9. The van der Waals surface area contributed by atoms with E-state index in [1.807, 2.05) is 6.07 Å². The maximum Gasteiger partial charge on any atom is 0.239 e. The standard InChI is InChI=1S/C22H32N2O4/c1-23-10-3-4-20(23)21(25)24-11-8-22(9-12-24)19-6-5-18(27-15-14-26-2)16-17(19)7-13-28-22/h5-6,16,20H,3-4,7-15H2,1-2H3/t20-/m0/s1. The van der Waals surface area contributed by atoms with Crippen LogP contribution in [0.4, 0.5) is 0 Å². The van der Waals surface area contributed by atoms with Gasteiger partial charge in [-0.15, -0.1) is 0 Å². The fourth-order valence-electron chi connectivity index (χ4n) is 4.92. The molecule has 28 heavy (non-hydrogen) atoms. The van der Waals surface area contributed by atoms with E-state index in [1.54, 1.807) is 7.11 Å². The molecule has 3 aliphatic rings. The summed E-state index contributed by atoms with van der Waals surface area (Å²) in [6, 6.07) is 6.43. The monoisotopic (exact) mass is 388 g/mol. The van der Waals surface area contributed by atoms with E-state index in [0.29, 0.717) is 19.1 Å². The number of ether oxygens (including phenoxy) is 3. The lowest BCUT2D eigenvalue weighted by Gasteiger charge is -2.45. The molecule has 2 fully saturated rings. The third-order valence-corrected chi connectivity index (χ3v) is 6.56. The van der Waals surface area contributed by atoms with Crippen LogP contribution in [-0.2, 0) is 26.3 Å². The molecule has 1 aromatic carbocycles. The smallest absolute Gasteiger partial charge is 0.239 e. The zero-order valence-corrected chi connectivity index (χ0v) is 17.1. The number of carbonyl (C=O) groups is 1. The molecule has 1 aromatic rings. The summed E-state index contributed by atoms with van der Waals surface area (Å²) in [5.74, 6) is 1.19. The van der Waals surface area contributed by atoms with Gasteiger partial charge in [-0.05, 0) is 69.0 Å². The molecular weight excluding hydrogens is 356 g/mol. The molecule has 4 rings (SSSR count). The summed E-state index contributed by atoms with van der Waals surface area (Å²) in [5, 5.41) is 0. The number of fused-ring (bicyclic) bond motifs is 2. The zero-order valence-electron chi connectivity index (χ0n) is 17.1.